The van der Waals surface area contributed by atoms with E-state index in [2.05, 4.69) is 36.5 Å². The van der Waals surface area contributed by atoms with Crippen LogP contribution in [-0.4, -0.2) is 17.0 Å². The molecular weight excluding hydrogens is 328 g/mol. The average molecular weight is 342 g/mol. The van der Waals surface area contributed by atoms with E-state index in [1.807, 2.05) is 39.1 Å². The summed E-state index contributed by atoms with van der Waals surface area (Å²) in [7, 11) is 1.84. The van der Waals surface area contributed by atoms with Gasteiger partial charge in [0.1, 0.15) is 17.5 Å². The Balaban J connectivity index is 2.37. The maximum Gasteiger partial charge on any atom is 0.139 e. The highest BCUT2D eigenvalue weighted by Crippen LogP contribution is 2.28. The molecule has 0 fully saturated rings. The van der Waals surface area contributed by atoms with Crippen LogP contribution in [0.1, 0.15) is 11.4 Å². The number of aromatic nitrogens is 2. The Morgan fingerprint density at radius 1 is 1.16 bits per heavy atom. The predicted molar refractivity (Wildman–Crippen MR) is 83.5 cm³/mol. The van der Waals surface area contributed by atoms with Gasteiger partial charge in [-0.1, -0.05) is 11.6 Å². The van der Waals surface area contributed by atoms with Gasteiger partial charge in [-0.15, -0.1) is 0 Å². The van der Waals surface area contributed by atoms with Gasteiger partial charge in [-0.2, -0.15) is 0 Å². The van der Waals surface area contributed by atoms with Crippen LogP contribution in [0.15, 0.2) is 22.7 Å². The van der Waals surface area contributed by atoms with E-state index in [9.17, 15) is 0 Å². The van der Waals surface area contributed by atoms with Crippen molar-refractivity contribution in [2.24, 2.45) is 0 Å². The molecule has 0 saturated carbocycles. The highest BCUT2D eigenvalue weighted by molar-refractivity contribution is 9.10. The van der Waals surface area contributed by atoms with Crippen LogP contribution in [0.25, 0.3) is 0 Å². The van der Waals surface area contributed by atoms with Crippen molar-refractivity contribution in [1.29, 1.82) is 0 Å². The molecule has 100 valence electrons. The van der Waals surface area contributed by atoms with Crippen LogP contribution in [-0.2, 0) is 0 Å². The van der Waals surface area contributed by atoms with Crippen LogP contribution in [0.4, 0.5) is 17.3 Å². The Kier molecular flexibility index (Phi) is 4.27. The number of rotatable bonds is 3. The fraction of sp³-hybridized carbons (Fsp3) is 0.231. The summed E-state index contributed by atoms with van der Waals surface area (Å²) < 4.78 is 0.867. The molecule has 0 aliphatic rings. The number of nitrogens with one attached hydrogen (secondary N) is 2. The van der Waals surface area contributed by atoms with Crippen molar-refractivity contribution >= 4 is 44.9 Å². The Bertz CT molecular complexity index is 616. The molecule has 2 aromatic rings. The molecule has 0 bridgehead atoms. The number of halogens is 2. The third kappa shape index (κ3) is 3.16. The molecule has 0 amide bonds. The van der Waals surface area contributed by atoms with Crippen LogP contribution in [0.2, 0.25) is 5.02 Å². The standard InChI is InChI=1S/C13H14BrClN4/c1-7-12(16-3)17-8(2)18-13(7)19-9-4-5-10(14)11(15)6-9/h4-6H,1-3H3,(H2,16,17,18,19). The second-order valence-electron chi connectivity index (χ2n) is 4.10. The van der Waals surface area contributed by atoms with Crippen molar-refractivity contribution in [1.82, 2.24) is 9.97 Å². The highest BCUT2D eigenvalue weighted by atomic mass is 79.9. The first-order chi connectivity index (χ1) is 9.01. The van der Waals surface area contributed by atoms with Crippen LogP contribution < -0.4 is 10.6 Å². The number of hydrogen-bond acceptors (Lipinski definition) is 4. The lowest BCUT2D eigenvalue weighted by Gasteiger charge is -2.13. The zero-order chi connectivity index (χ0) is 14.0. The second kappa shape index (κ2) is 5.75. The van der Waals surface area contributed by atoms with Gasteiger partial charge < -0.3 is 10.6 Å². The van der Waals surface area contributed by atoms with E-state index < -0.39 is 0 Å². The van der Waals surface area contributed by atoms with Gasteiger partial charge >= 0.3 is 0 Å². The number of aryl methyl sites for hydroxylation is 1. The van der Waals surface area contributed by atoms with Gasteiger partial charge in [-0.25, -0.2) is 9.97 Å². The fourth-order valence-electron chi connectivity index (χ4n) is 1.70. The van der Waals surface area contributed by atoms with Crippen molar-refractivity contribution in [2.45, 2.75) is 13.8 Å². The summed E-state index contributed by atoms with van der Waals surface area (Å²) in [5.41, 5.74) is 1.85. The van der Waals surface area contributed by atoms with Gasteiger partial charge in [-0.3, -0.25) is 0 Å². The first-order valence-electron chi connectivity index (χ1n) is 5.76. The molecule has 0 atom stereocenters. The van der Waals surface area contributed by atoms with Gasteiger partial charge in [0.05, 0.1) is 5.02 Å². The molecule has 19 heavy (non-hydrogen) atoms. The van der Waals surface area contributed by atoms with E-state index in [0.29, 0.717) is 10.8 Å². The lowest BCUT2D eigenvalue weighted by Crippen LogP contribution is -2.05. The lowest BCUT2D eigenvalue weighted by molar-refractivity contribution is 1.04. The first kappa shape index (κ1) is 14.1. The first-order valence-corrected chi connectivity index (χ1v) is 6.93. The number of nitrogens with zero attached hydrogens (tertiary/aromatic N) is 2. The largest absolute Gasteiger partial charge is 0.373 e. The van der Waals surface area contributed by atoms with E-state index in [1.165, 1.54) is 0 Å². The van der Waals surface area contributed by atoms with Crippen LogP contribution in [0.3, 0.4) is 0 Å². The smallest absolute Gasteiger partial charge is 0.139 e. The Labute approximate surface area is 125 Å². The summed E-state index contributed by atoms with van der Waals surface area (Å²) in [6.07, 6.45) is 0. The molecule has 1 aromatic carbocycles. The van der Waals surface area contributed by atoms with Crippen LogP contribution in [0.5, 0.6) is 0 Å². The Morgan fingerprint density at radius 3 is 2.47 bits per heavy atom. The number of hydrogen-bond donors (Lipinski definition) is 2. The third-order valence-corrected chi connectivity index (χ3v) is 3.91. The zero-order valence-electron chi connectivity index (χ0n) is 10.9. The molecule has 2 rings (SSSR count). The molecule has 4 nitrogen and oxygen atoms in total. The van der Waals surface area contributed by atoms with Crippen LogP contribution in [0, 0.1) is 13.8 Å². The van der Waals surface area contributed by atoms with Gasteiger partial charge in [0.25, 0.3) is 0 Å². The minimum absolute atomic E-state index is 0.655. The van der Waals surface area contributed by atoms with Gasteiger partial charge in [0.15, 0.2) is 0 Å². The molecule has 0 unspecified atom stereocenters. The molecule has 2 N–H and O–H groups in total. The van der Waals surface area contributed by atoms with Gasteiger partial charge in [0, 0.05) is 22.8 Å². The zero-order valence-corrected chi connectivity index (χ0v) is 13.2. The summed E-state index contributed by atoms with van der Waals surface area (Å²) >= 11 is 9.45. The molecule has 0 saturated heterocycles. The average Bonchev–Trinajstić information content (AvgIpc) is 2.37. The SMILES string of the molecule is CNc1nc(C)nc(Nc2ccc(Br)c(Cl)c2)c1C. The predicted octanol–water partition coefficient (Wildman–Crippen LogP) is 4.29. The fourth-order valence-corrected chi connectivity index (χ4v) is 2.13. The molecule has 0 aliphatic heterocycles. The molecule has 0 spiro atoms. The second-order valence-corrected chi connectivity index (χ2v) is 5.36. The van der Waals surface area contributed by atoms with E-state index in [0.717, 1.165) is 27.4 Å². The van der Waals surface area contributed by atoms with Crippen molar-refractivity contribution < 1.29 is 0 Å². The normalized spacial score (nSPS) is 10.4. The summed E-state index contributed by atoms with van der Waals surface area (Å²) in [4.78, 5) is 8.74. The maximum atomic E-state index is 6.08. The monoisotopic (exact) mass is 340 g/mol. The molecule has 1 aromatic heterocycles. The Hall–Kier alpha value is -1.33. The number of anilines is 3. The molecule has 6 heteroatoms. The Morgan fingerprint density at radius 2 is 1.84 bits per heavy atom. The summed E-state index contributed by atoms with van der Waals surface area (Å²) in [6.45, 7) is 3.83. The molecule has 0 aliphatic carbocycles. The van der Waals surface area contributed by atoms with Crippen molar-refractivity contribution in [3.8, 4) is 0 Å². The molecular formula is C13H14BrClN4. The summed E-state index contributed by atoms with van der Waals surface area (Å²) in [6, 6.07) is 5.68. The van der Waals surface area contributed by atoms with Crippen molar-refractivity contribution in [3.05, 3.63) is 39.1 Å². The van der Waals surface area contributed by atoms with E-state index in [4.69, 9.17) is 11.6 Å². The van der Waals surface area contributed by atoms with Gasteiger partial charge in [0.2, 0.25) is 0 Å². The topological polar surface area (TPSA) is 49.8 Å². The lowest BCUT2D eigenvalue weighted by atomic mass is 10.2. The maximum absolute atomic E-state index is 6.08. The summed E-state index contributed by atoms with van der Waals surface area (Å²) in [5.74, 6) is 2.30. The van der Waals surface area contributed by atoms with E-state index >= 15 is 0 Å². The van der Waals surface area contributed by atoms with Crippen molar-refractivity contribution in [3.63, 3.8) is 0 Å². The van der Waals surface area contributed by atoms with E-state index in [-0.39, 0.29) is 0 Å². The minimum Gasteiger partial charge on any atom is -0.373 e. The van der Waals surface area contributed by atoms with Gasteiger partial charge in [-0.05, 0) is 48.0 Å². The highest BCUT2D eigenvalue weighted by Gasteiger charge is 2.09. The van der Waals surface area contributed by atoms with Crippen LogP contribution >= 0.6 is 27.5 Å². The number of benzene rings is 1. The third-order valence-electron chi connectivity index (χ3n) is 2.68. The summed E-state index contributed by atoms with van der Waals surface area (Å²) in [5, 5.41) is 6.97. The molecule has 1 heterocycles. The van der Waals surface area contributed by atoms with Crippen molar-refractivity contribution in [2.75, 3.05) is 17.7 Å². The minimum atomic E-state index is 0.655. The quantitative estimate of drug-likeness (QED) is 0.874. The molecule has 0 radical (unpaired) electrons. The van der Waals surface area contributed by atoms with E-state index in [1.54, 1.807) is 0 Å².